The number of aromatic nitrogens is 1. The Hall–Kier alpha value is -3.27. The Bertz CT molecular complexity index is 821. The molecule has 1 aromatic carbocycles. The normalized spacial score (nSPS) is 10.8. The zero-order valence-electron chi connectivity index (χ0n) is 14.6. The largest absolute Gasteiger partial charge is 0.397 e. The van der Waals surface area contributed by atoms with Crippen LogP contribution in [0.25, 0.3) is 0 Å². The van der Waals surface area contributed by atoms with Crippen molar-refractivity contribution in [2.24, 2.45) is 5.73 Å². The van der Waals surface area contributed by atoms with Crippen molar-refractivity contribution in [3.63, 3.8) is 0 Å². The summed E-state index contributed by atoms with van der Waals surface area (Å²) < 4.78 is 0. The first-order chi connectivity index (χ1) is 11.8. The number of nitriles is 1. The lowest BCUT2D eigenvalue weighted by molar-refractivity contribution is 0.100. The van der Waals surface area contributed by atoms with Gasteiger partial charge in [-0.2, -0.15) is 5.26 Å². The highest BCUT2D eigenvalue weighted by Crippen LogP contribution is 2.28. The molecule has 0 aliphatic rings. The average molecular weight is 338 g/mol. The quantitative estimate of drug-likeness (QED) is 0.640. The molecule has 0 spiro atoms. The second kappa shape index (κ2) is 7.09. The van der Waals surface area contributed by atoms with E-state index in [4.69, 9.17) is 11.5 Å². The Morgan fingerprint density at radius 3 is 2.48 bits per heavy atom. The van der Waals surface area contributed by atoms with E-state index in [9.17, 15) is 10.1 Å². The molecule has 130 valence electrons. The lowest BCUT2D eigenvalue weighted by Gasteiger charge is -2.26. The van der Waals surface area contributed by atoms with E-state index >= 15 is 0 Å². The Kier molecular flexibility index (Phi) is 5.13. The number of carbonyl (C=O) groups excluding carboxylic acids is 1. The van der Waals surface area contributed by atoms with E-state index < -0.39 is 5.91 Å². The second-order valence-corrected chi connectivity index (χ2v) is 6.36. The molecule has 1 heterocycles. The number of primary amides is 1. The van der Waals surface area contributed by atoms with Crippen molar-refractivity contribution in [1.82, 2.24) is 4.98 Å². The number of nitrogens with two attached hydrogens (primary N) is 2. The highest BCUT2D eigenvalue weighted by atomic mass is 16.1. The van der Waals surface area contributed by atoms with Gasteiger partial charge in [0.05, 0.1) is 5.69 Å². The number of pyridine rings is 1. The molecule has 0 saturated heterocycles. The summed E-state index contributed by atoms with van der Waals surface area (Å²) >= 11 is 0. The monoisotopic (exact) mass is 338 g/mol. The third-order valence-corrected chi connectivity index (χ3v) is 3.94. The van der Waals surface area contributed by atoms with Crippen LogP contribution in [0.4, 0.5) is 23.0 Å². The molecule has 6 N–H and O–H groups in total. The molecule has 2 rings (SSSR count). The Morgan fingerprint density at radius 1 is 1.32 bits per heavy atom. The number of amides is 1. The molecule has 0 radical (unpaired) electrons. The van der Waals surface area contributed by atoms with E-state index in [0.717, 1.165) is 12.1 Å². The van der Waals surface area contributed by atoms with Gasteiger partial charge in [-0.05, 0) is 44.5 Å². The summed E-state index contributed by atoms with van der Waals surface area (Å²) in [5, 5.41) is 15.7. The van der Waals surface area contributed by atoms with E-state index in [2.05, 4.69) is 21.7 Å². The highest BCUT2D eigenvalue weighted by molar-refractivity contribution is 5.93. The minimum atomic E-state index is -0.486. The first-order valence-electron chi connectivity index (χ1n) is 7.91. The first kappa shape index (κ1) is 18.1. The zero-order valence-corrected chi connectivity index (χ0v) is 14.6. The van der Waals surface area contributed by atoms with E-state index in [-0.39, 0.29) is 5.54 Å². The summed E-state index contributed by atoms with van der Waals surface area (Å²) in [7, 11) is 0. The van der Waals surface area contributed by atoms with Gasteiger partial charge in [-0.1, -0.05) is 6.92 Å². The standard InChI is InChI=1S/C18H22N6O/c1-4-18(2,3)24-17-13(10-19)14(20)9-15(23-17)22-12-7-5-11(6-8-12)16(21)25/h5-9H,4H2,1-3H3,(H2,21,25)(H4,20,22,23,24). The minimum absolute atomic E-state index is 0.229. The maximum Gasteiger partial charge on any atom is 0.248 e. The Balaban J connectivity index is 2.34. The number of nitrogens with zero attached hydrogens (tertiary/aromatic N) is 2. The van der Waals surface area contributed by atoms with Crippen molar-refractivity contribution in [2.75, 3.05) is 16.4 Å². The van der Waals surface area contributed by atoms with Crippen molar-refractivity contribution in [2.45, 2.75) is 32.7 Å². The van der Waals surface area contributed by atoms with Gasteiger partial charge in [0.2, 0.25) is 5.91 Å². The molecule has 25 heavy (non-hydrogen) atoms. The molecule has 0 saturated carbocycles. The predicted molar refractivity (Wildman–Crippen MR) is 99.6 cm³/mol. The van der Waals surface area contributed by atoms with Crippen molar-refractivity contribution in [3.05, 3.63) is 41.5 Å². The van der Waals surface area contributed by atoms with Crippen LogP contribution in [-0.2, 0) is 0 Å². The summed E-state index contributed by atoms with van der Waals surface area (Å²) in [6, 6.07) is 10.4. The smallest absolute Gasteiger partial charge is 0.248 e. The topological polar surface area (TPSA) is 130 Å². The summed E-state index contributed by atoms with van der Waals surface area (Å²) in [6.07, 6.45) is 0.853. The van der Waals surface area contributed by atoms with Crippen molar-refractivity contribution in [3.8, 4) is 6.07 Å². The molecule has 0 aliphatic heterocycles. The van der Waals surface area contributed by atoms with Crippen LogP contribution in [0.3, 0.4) is 0 Å². The number of anilines is 4. The Morgan fingerprint density at radius 2 is 1.96 bits per heavy atom. The zero-order chi connectivity index (χ0) is 18.6. The molecule has 0 aliphatic carbocycles. The van der Waals surface area contributed by atoms with E-state index in [0.29, 0.717) is 28.5 Å². The number of hydrogen-bond acceptors (Lipinski definition) is 6. The van der Waals surface area contributed by atoms with Crippen molar-refractivity contribution < 1.29 is 4.79 Å². The third kappa shape index (κ3) is 4.38. The fourth-order valence-electron chi connectivity index (χ4n) is 2.11. The van der Waals surface area contributed by atoms with E-state index in [1.54, 1.807) is 30.3 Å². The maximum absolute atomic E-state index is 11.1. The number of rotatable bonds is 6. The van der Waals surface area contributed by atoms with Crippen LogP contribution in [0.15, 0.2) is 30.3 Å². The van der Waals surface area contributed by atoms with Crippen LogP contribution in [0.1, 0.15) is 43.1 Å². The minimum Gasteiger partial charge on any atom is -0.397 e. The fourth-order valence-corrected chi connectivity index (χ4v) is 2.11. The summed E-state index contributed by atoms with van der Waals surface area (Å²) in [5.41, 5.74) is 12.8. The highest BCUT2D eigenvalue weighted by Gasteiger charge is 2.19. The molecule has 7 heteroatoms. The molecule has 0 unspecified atom stereocenters. The summed E-state index contributed by atoms with van der Waals surface area (Å²) in [6.45, 7) is 6.09. The van der Waals surface area contributed by atoms with Gasteiger partial charge >= 0.3 is 0 Å². The van der Waals surface area contributed by atoms with Gasteiger partial charge in [0.25, 0.3) is 0 Å². The van der Waals surface area contributed by atoms with Gasteiger partial charge in [0.15, 0.2) is 0 Å². The summed E-state index contributed by atoms with van der Waals surface area (Å²) in [4.78, 5) is 15.6. The van der Waals surface area contributed by atoms with Crippen molar-refractivity contribution in [1.29, 1.82) is 5.26 Å². The fraction of sp³-hybridized carbons (Fsp3) is 0.278. The summed E-state index contributed by atoms with van der Waals surface area (Å²) in [5.74, 6) is 0.448. The predicted octanol–water partition coefficient (Wildman–Crippen LogP) is 2.98. The van der Waals surface area contributed by atoms with Crippen LogP contribution in [0.2, 0.25) is 0 Å². The van der Waals surface area contributed by atoms with Crippen LogP contribution in [-0.4, -0.2) is 16.4 Å². The maximum atomic E-state index is 11.1. The molecule has 0 atom stereocenters. The number of benzene rings is 1. The first-order valence-corrected chi connectivity index (χ1v) is 7.91. The van der Waals surface area contributed by atoms with Crippen molar-refractivity contribution >= 4 is 28.9 Å². The molecule has 2 aromatic rings. The van der Waals surface area contributed by atoms with Gasteiger partial charge in [0, 0.05) is 22.9 Å². The van der Waals surface area contributed by atoms with Gasteiger partial charge < -0.3 is 22.1 Å². The number of nitrogens with one attached hydrogen (secondary N) is 2. The molecule has 0 fully saturated rings. The van der Waals surface area contributed by atoms with Crippen LogP contribution >= 0.6 is 0 Å². The van der Waals surface area contributed by atoms with Gasteiger partial charge in [-0.3, -0.25) is 4.79 Å². The SMILES string of the molecule is CCC(C)(C)Nc1nc(Nc2ccc(C(N)=O)cc2)cc(N)c1C#N. The van der Waals surface area contributed by atoms with Crippen LogP contribution < -0.4 is 22.1 Å². The molecule has 7 nitrogen and oxygen atoms in total. The molecular formula is C18H22N6O. The third-order valence-electron chi connectivity index (χ3n) is 3.94. The average Bonchev–Trinajstić information content (AvgIpc) is 2.55. The molecule has 1 aromatic heterocycles. The number of carbonyl (C=O) groups is 1. The number of nitrogen functional groups attached to an aromatic ring is 1. The van der Waals surface area contributed by atoms with Gasteiger partial charge in [-0.15, -0.1) is 0 Å². The molecule has 1 amide bonds. The number of hydrogen-bond donors (Lipinski definition) is 4. The second-order valence-electron chi connectivity index (χ2n) is 6.36. The van der Waals surface area contributed by atoms with Crippen LogP contribution in [0.5, 0.6) is 0 Å². The van der Waals surface area contributed by atoms with Gasteiger partial charge in [-0.25, -0.2) is 4.98 Å². The Labute approximate surface area is 147 Å². The molecule has 0 bridgehead atoms. The molecular weight excluding hydrogens is 316 g/mol. The lowest BCUT2D eigenvalue weighted by atomic mass is 10.0. The van der Waals surface area contributed by atoms with E-state index in [1.165, 1.54) is 0 Å². The lowest BCUT2D eigenvalue weighted by Crippen LogP contribution is -2.30. The van der Waals surface area contributed by atoms with Gasteiger partial charge in [0.1, 0.15) is 23.3 Å². The van der Waals surface area contributed by atoms with E-state index in [1.807, 2.05) is 20.8 Å². The van der Waals surface area contributed by atoms with Crippen LogP contribution in [0, 0.1) is 11.3 Å².